The Balaban J connectivity index is 1.79. The number of likely N-dealkylation sites (tertiary alicyclic amines) is 1. The summed E-state index contributed by atoms with van der Waals surface area (Å²) in [6.45, 7) is 3.34. The van der Waals surface area contributed by atoms with E-state index in [0.29, 0.717) is 10.0 Å². The largest absolute Gasteiger partial charge is 0.331 e. The number of benzene rings is 1. The van der Waals surface area contributed by atoms with Crippen molar-refractivity contribution in [3.05, 3.63) is 26.9 Å². The first kappa shape index (κ1) is 15.3. The van der Waals surface area contributed by atoms with E-state index in [0.717, 1.165) is 34.7 Å². The van der Waals surface area contributed by atoms with E-state index in [1.165, 1.54) is 25.9 Å². The number of nitrogens with zero attached hydrogens (tertiary/aromatic N) is 2. The van der Waals surface area contributed by atoms with E-state index in [-0.39, 0.29) is 0 Å². The van der Waals surface area contributed by atoms with Crippen molar-refractivity contribution >= 4 is 46.5 Å². The Labute approximate surface area is 139 Å². The van der Waals surface area contributed by atoms with Crippen molar-refractivity contribution in [2.45, 2.75) is 25.8 Å². The van der Waals surface area contributed by atoms with Crippen molar-refractivity contribution in [1.82, 2.24) is 14.5 Å². The molecule has 2 aromatic rings. The molecule has 0 bridgehead atoms. The zero-order chi connectivity index (χ0) is 15.0. The molecule has 1 aromatic heterocycles. The van der Waals surface area contributed by atoms with Crippen molar-refractivity contribution in [3.8, 4) is 0 Å². The summed E-state index contributed by atoms with van der Waals surface area (Å²) in [7, 11) is 2.19. The molecule has 6 heteroatoms. The van der Waals surface area contributed by atoms with Gasteiger partial charge in [-0.05, 0) is 69.7 Å². The quantitative estimate of drug-likeness (QED) is 0.814. The Morgan fingerprint density at radius 3 is 2.62 bits per heavy atom. The summed E-state index contributed by atoms with van der Waals surface area (Å²) in [5.41, 5.74) is 2.00. The van der Waals surface area contributed by atoms with Crippen molar-refractivity contribution in [2.24, 2.45) is 5.92 Å². The van der Waals surface area contributed by atoms with Gasteiger partial charge in [0.15, 0.2) is 4.77 Å². The molecule has 0 spiro atoms. The van der Waals surface area contributed by atoms with E-state index >= 15 is 0 Å². The molecule has 0 aliphatic carbocycles. The zero-order valence-electron chi connectivity index (χ0n) is 12.0. The molecule has 0 unspecified atom stereocenters. The van der Waals surface area contributed by atoms with Gasteiger partial charge < -0.3 is 14.5 Å². The number of H-pyrrole nitrogens is 1. The van der Waals surface area contributed by atoms with Crippen LogP contribution in [0.25, 0.3) is 11.0 Å². The second kappa shape index (κ2) is 6.29. The predicted octanol–water partition coefficient (Wildman–Crippen LogP) is 4.74. The van der Waals surface area contributed by atoms with Crippen LogP contribution < -0.4 is 0 Å². The van der Waals surface area contributed by atoms with Gasteiger partial charge in [0, 0.05) is 6.54 Å². The molecule has 1 saturated heterocycles. The summed E-state index contributed by atoms with van der Waals surface area (Å²) in [5.74, 6) is 0.788. The molecular weight excluding hydrogens is 325 g/mol. The number of halogens is 2. The van der Waals surface area contributed by atoms with E-state index in [1.54, 1.807) is 0 Å². The Kier molecular flexibility index (Phi) is 4.60. The molecule has 1 aromatic carbocycles. The highest BCUT2D eigenvalue weighted by Gasteiger charge is 2.17. The van der Waals surface area contributed by atoms with Crippen LogP contribution in [0.5, 0.6) is 0 Å². The summed E-state index contributed by atoms with van der Waals surface area (Å²) >= 11 is 17.6. The third-order valence-corrected chi connectivity index (χ3v) is 5.46. The topological polar surface area (TPSA) is 24.0 Å². The average Bonchev–Trinajstić information content (AvgIpc) is 2.74. The first-order chi connectivity index (χ1) is 10.0. The minimum Gasteiger partial charge on any atom is -0.331 e. The van der Waals surface area contributed by atoms with E-state index in [2.05, 4.69) is 21.5 Å². The molecule has 0 saturated carbocycles. The second-order valence-corrected chi connectivity index (χ2v) is 7.10. The van der Waals surface area contributed by atoms with E-state index in [4.69, 9.17) is 35.4 Å². The molecule has 1 aliphatic heterocycles. The number of piperidine rings is 1. The van der Waals surface area contributed by atoms with E-state index in [1.807, 2.05) is 12.1 Å². The number of rotatable bonds is 3. The van der Waals surface area contributed by atoms with Gasteiger partial charge in [-0.2, -0.15) is 0 Å². The standard InChI is InChI=1S/C15H19Cl2N3S/c1-19-5-2-10(3-6-19)4-7-20-14-9-12(17)11(16)8-13(14)18-15(20)21/h8-10H,2-7H2,1H3,(H,18,21). The minimum absolute atomic E-state index is 0.558. The van der Waals surface area contributed by atoms with Gasteiger partial charge in [-0.1, -0.05) is 23.2 Å². The molecular formula is C15H19Cl2N3S. The highest BCUT2D eigenvalue weighted by Crippen LogP contribution is 2.28. The Morgan fingerprint density at radius 1 is 1.24 bits per heavy atom. The lowest BCUT2D eigenvalue weighted by Gasteiger charge is -2.28. The van der Waals surface area contributed by atoms with Crippen LogP contribution in [-0.4, -0.2) is 34.6 Å². The van der Waals surface area contributed by atoms with Gasteiger partial charge in [0.2, 0.25) is 0 Å². The zero-order valence-corrected chi connectivity index (χ0v) is 14.4. The van der Waals surface area contributed by atoms with Crippen LogP contribution in [0, 0.1) is 10.7 Å². The predicted molar refractivity (Wildman–Crippen MR) is 92.0 cm³/mol. The first-order valence-corrected chi connectivity index (χ1v) is 8.47. The van der Waals surface area contributed by atoms with Crippen LogP contribution in [0.15, 0.2) is 12.1 Å². The monoisotopic (exact) mass is 343 g/mol. The lowest BCUT2D eigenvalue weighted by molar-refractivity contribution is 0.208. The van der Waals surface area contributed by atoms with E-state index < -0.39 is 0 Å². The fraction of sp³-hybridized carbons (Fsp3) is 0.533. The molecule has 1 fully saturated rings. The van der Waals surface area contributed by atoms with Crippen LogP contribution in [0.4, 0.5) is 0 Å². The molecule has 0 amide bonds. The first-order valence-electron chi connectivity index (χ1n) is 7.30. The van der Waals surface area contributed by atoms with Gasteiger partial charge in [0.25, 0.3) is 0 Å². The Bertz CT molecular complexity index is 699. The third kappa shape index (κ3) is 3.29. The number of aryl methyl sites for hydroxylation is 1. The number of hydrogen-bond donors (Lipinski definition) is 1. The van der Waals surface area contributed by atoms with E-state index in [9.17, 15) is 0 Å². The molecule has 114 valence electrons. The van der Waals surface area contributed by atoms with Gasteiger partial charge in [-0.25, -0.2) is 0 Å². The van der Waals surface area contributed by atoms with Crippen LogP contribution in [0.3, 0.4) is 0 Å². The normalized spacial score (nSPS) is 17.7. The Hall–Kier alpha value is -0.550. The molecule has 1 aliphatic rings. The maximum Gasteiger partial charge on any atom is 0.178 e. The number of fused-ring (bicyclic) bond motifs is 1. The lowest BCUT2D eigenvalue weighted by atomic mass is 9.94. The Morgan fingerprint density at radius 2 is 1.90 bits per heavy atom. The number of nitrogens with one attached hydrogen (secondary N) is 1. The number of imidazole rings is 1. The second-order valence-electron chi connectivity index (χ2n) is 5.90. The highest BCUT2D eigenvalue weighted by molar-refractivity contribution is 7.71. The van der Waals surface area contributed by atoms with Gasteiger partial charge in [0.05, 0.1) is 21.1 Å². The van der Waals surface area contributed by atoms with Gasteiger partial charge in [0.1, 0.15) is 0 Å². The third-order valence-electron chi connectivity index (χ3n) is 4.42. The smallest absolute Gasteiger partial charge is 0.178 e. The van der Waals surface area contributed by atoms with Crippen LogP contribution >= 0.6 is 35.4 Å². The summed E-state index contributed by atoms with van der Waals surface area (Å²) in [6, 6.07) is 3.75. The van der Waals surface area contributed by atoms with Crippen molar-refractivity contribution in [1.29, 1.82) is 0 Å². The fourth-order valence-corrected chi connectivity index (χ4v) is 3.66. The van der Waals surface area contributed by atoms with Crippen LogP contribution in [0.1, 0.15) is 19.3 Å². The minimum atomic E-state index is 0.558. The fourth-order valence-electron chi connectivity index (χ4n) is 3.04. The molecule has 3 rings (SSSR count). The SMILES string of the molecule is CN1CCC(CCn2c(=S)[nH]c3cc(Cl)c(Cl)cc32)CC1. The molecule has 1 N–H and O–H groups in total. The van der Waals surface area contributed by atoms with Crippen molar-refractivity contribution in [3.63, 3.8) is 0 Å². The van der Waals surface area contributed by atoms with Gasteiger partial charge >= 0.3 is 0 Å². The summed E-state index contributed by atoms with van der Waals surface area (Å²) in [6.07, 6.45) is 3.72. The number of aromatic nitrogens is 2. The summed E-state index contributed by atoms with van der Waals surface area (Å²) in [5, 5.41) is 1.13. The lowest BCUT2D eigenvalue weighted by Crippen LogP contribution is -2.30. The summed E-state index contributed by atoms with van der Waals surface area (Å²) < 4.78 is 2.89. The molecule has 2 heterocycles. The van der Waals surface area contributed by atoms with Gasteiger partial charge in [-0.3, -0.25) is 0 Å². The van der Waals surface area contributed by atoms with Crippen LogP contribution in [0.2, 0.25) is 10.0 Å². The molecule has 21 heavy (non-hydrogen) atoms. The molecule has 0 radical (unpaired) electrons. The summed E-state index contributed by atoms with van der Waals surface area (Å²) in [4.78, 5) is 5.61. The van der Waals surface area contributed by atoms with Gasteiger partial charge in [-0.15, -0.1) is 0 Å². The number of hydrogen-bond acceptors (Lipinski definition) is 2. The average molecular weight is 344 g/mol. The van der Waals surface area contributed by atoms with Crippen molar-refractivity contribution < 1.29 is 0 Å². The number of aromatic amines is 1. The van der Waals surface area contributed by atoms with Crippen molar-refractivity contribution in [2.75, 3.05) is 20.1 Å². The van der Waals surface area contributed by atoms with Crippen LogP contribution in [-0.2, 0) is 6.54 Å². The highest BCUT2D eigenvalue weighted by atomic mass is 35.5. The maximum absolute atomic E-state index is 6.14. The molecule has 3 nitrogen and oxygen atoms in total. The molecule has 0 atom stereocenters. The maximum atomic E-state index is 6.14.